The van der Waals surface area contributed by atoms with Gasteiger partial charge < -0.3 is 19.3 Å². The van der Waals surface area contributed by atoms with Gasteiger partial charge in [-0.05, 0) is 0 Å². The first-order valence-electron chi connectivity index (χ1n) is 9.52. The van der Waals surface area contributed by atoms with E-state index < -0.39 is 34.4 Å². The maximum absolute atomic E-state index is 11.9. The van der Waals surface area contributed by atoms with Crippen LogP contribution in [0.2, 0.25) is 0 Å². The van der Waals surface area contributed by atoms with Gasteiger partial charge >= 0.3 is 23.3 Å². The standard InChI is InChI=1S/2C9H10N4O4/c2*1-11-7-6(8(16)12(2)9(11)17)13(4-10-7)3-5(14)15/h2*4H,3H2,1-2H3,(H,14,15). The summed E-state index contributed by atoms with van der Waals surface area (Å²) in [5, 5.41) is 17.4. The molecule has 4 rings (SSSR count). The quantitative estimate of drug-likeness (QED) is 0.307. The molecule has 16 heteroatoms. The van der Waals surface area contributed by atoms with Gasteiger partial charge in [-0.25, -0.2) is 19.6 Å². The lowest BCUT2D eigenvalue weighted by Crippen LogP contribution is -2.37. The smallest absolute Gasteiger partial charge is 0.332 e. The highest BCUT2D eigenvalue weighted by molar-refractivity contribution is 5.74. The molecule has 0 aliphatic carbocycles. The zero-order valence-corrected chi connectivity index (χ0v) is 18.5. The fourth-order valence-electron chi connectivity index (χ4n) is 3.33. The van der Waals surface area contributed by atoms with Crippen molar-refractivity contribution in [3.8, 4) is 0 Å². The van der Waals surface area contributed by atoms with Crippen LogP contribution in [0.1, 0.15) is 0 Å². The predicted octanol–water partition coefficient (Wildman–Crippen LogP) is -2.96. The minimum absolute atomic E-state index is 0.108. The molecule has 34 heavy (non-hydrogen) atoms. The molecule has 0 spiro atoms. The molecule has 0 atom stereocenters. The van der Waals surface area contributed by atoms with Crippen molar-refractivity contribution in [2.75, 3.05) is 0 Å². The van der Waals surface area contributed by atoms with Crippen LogP contribution in [0, 0.1) is 0 Å². The summed E-state index contributed by atoms with van der Waals surface area (Å²) in [6.45, 7) is -0.742. The van der Waals surface area contributed by atoms with E-state index in [0.717, 1.165) is 9.13 Å². The summed E-state index contributed by atoms with van der Waals surface area (Å²) in [6, 6.07) is 0. The number of nitrogens with zero attached hydrogens (tertiary/aromatic N) is 8. The lowest BCUT2D eigenvalue weighted by Gasteiger charge is -2.04. The number of carboxylic acid groups (broad SMARTS) is 2. The average Bonchev–Trinajstić information content (AvgIpc) is 3.37. The van der Waals surface area contributed by atoms with Crippen LogP contribution in [0.5, 0.6) is 0 Å². The Morgan fingerprint density at radius 3 is 1.29 bits per heavy atom. The van der Waals surface area contributed by atoms with E-state index in [1.54, 1.807) is 0 Å². The van der Waals surface area contributed by atoms with E-state index in [1.165, 1.54) is 59.1 Å². The summed E-state index contributed by atoms with van der Waals surface area (Å²) < 4.78 is 6.66. The van der Waals surface area contributed by atoms with Crippen LogP contribution >= 0.6 is 0 Å². The second-order valence-electron chi connectivity index (χ2n) is 7.29. The van der Waals surface area contributed by atoms with Gasteiger partial charge in [-0.2, -0.15) is 0 Å². The molecular weight excluding hydrogens is 456 g/mol. The Morgan fingerprint density at radius 2 is 1.00 bits per heavy atom. The third-order valence-corrected chi connectivity index (χ3v) is 5.05. The molecule has 0 amide bonds. The number of aryl methyl sites for hydroxylation is 2. The molecule has 0 aliphatic rings. The van der Waals surface area contributed by atoms with E-state index in [4.69, 9.17) is 10.2 Å². The summed E-state index contributed by atoms with van der Waals surface area (Å²) in [6.07, 6.45) is 2.47. The van der Waals surface area contributed by atoms with Crippen LogP contribution in [0.3, 0.4) is 0 Å². The monoisotopic (exact) mass is 476 g/mol. The first-order valence-corrected chi connectivity index (χ1v) is 9.52. The summed E-state index contributed by atoms with van der Waals surface area (Å²) in [5.74, 6) is -2.17. The Labute approximate surface area is 187 Å². The predicted molar refractivity (Wildman–Crippen MR) is 116 cm³/mol. The maximum Gasteiger partial charge on any atom is 0.332 e. The van der Waals surface area contributed by atoms with E-state index in [2.05, 4.69) is 9.97 Å². The zero-order chi connectivity index (χ0) is 25.5. The van der Waals surface area contributed by atoms with Gasteiger partial charge in [0.05, 0.1) is 12.7 Å². The summed E-state index contributed by atoms with van der Waals surface area (Å²) in [4.78, 5) is 75.9. The third kappa shape index (κ3) is 3.91. The zero-order valence-electron chi connectivity index (χ0n) is 18.5. The van der Waals surface area contributed by atoms with Crippen molar-refractivity contribution in [2.24, 2.45) is 28.2 Å². The molecule has 180 valence electrons. The fourth-order valence-corrected chi connectivity index (χ4v) is 3.33. The van der Waals surface area contributed by atoms with E-state index >= 15 is 0 Å². The number of carbonyl (C=O) groups is 2. The second kappa shape index (κ2) is 8.64. The Balaban J connectivity index is 0.000000191. The molecule has 4 aromatic rings. The van der Waals surface area contributed by atoms with Crippen LogP contribution in [0.25, 0.3) is 22.3 Å². The molecule has 0 fully saturated rings. The molecular formula is C18H20N8O8. The number of hydrogen-bond donors (Lipinski definition) is 2. The molecule has 0 aliphatic heterocycles. The lowest BCUT2D eigenvalue weighted by atomic mass is 10.5. The Morgan fingerprint density at radius 1 is 0.676 bits per heavy atom. The van der Waals surface area contributed by atoms with Gasteiger partial charge in [-0.15, -0.1) is 0 Å². The topological polar surface area (TPSA) is 198 Å². The largest absolute Gasteiger partial charge is 0.480 e. The Kier molecular flexibility index (Phi) is 6.07. The molecule has 0 aromatic carbocycles. The summed E-state index contributed by atoms with van der Waals surface area (Å²) in [7, 11) is 5.62. The van der Waals surface area contributed by atoms with Crippen molar-refractivity contribution < 1.29 is 19.8 Å². The molecule has 4 aromatic heterocycles. The Bertz CT molecular complexity index is 1570. The molecule has 4 heterocycles. The normalized spacial score (nSPS) is 10.9. The summed E-state index contributed by atoms with van der Waals surface area (Å²) >= 11 is 0. The Hall–Kier alpha value is -4.76. The van der Waals surface area contributed by atoms with Gasteiger partial charge in [0.1, 0.15) is 13.1 Å². The lowest BCUT2D eigenvalue weighted by molar-refractivity contribution is -0.138. The number of hydrogen-bond acceptors (Lipinski definition) is 8. The van der Waals surface area contributed by atoms with Gasteiger partial charge in [-0.1, -0.05) is 0 Å². The number of aliphatic carboxylic acids is 2. The second-order valence-corrected chi connectivity index (χ2v) is 7.29. The number of imidazole rings is 2. The van der Waals surface area contributed by atoms with Crippen LogP contribution < -0.4 is 22.5 Å². The van der Waals surface area contributed by atoms with Crippen molar-refractivity contribution in [1.82, 2.24) is 37.4 Å². The van der Waals surface area contributed by atoms with Gasteiger partial charge in [0, 0.05) is 28.2 Å². The molecule has 0 radical (unpaired) electrons. The van der Waals surface area contributed by atoms with Crippen LogP contribution in [0.15, 0.2) is 31.8 Å². The van der Waals surface area contributed by atoms with E-state index in [-0.39, 0.29) is 35.4 Å². The number of carboxylic acids is 2. The highest BCUT2D eigenvalue weighted by atomic mass is 16.4. The van der Waals surface area contributed by atoms with Gasteiger partial charge in [-0.3, -0.25) is 37.4 Å². The number of rotatable bonds is 4. The summed E-state index contributed by atoms with van der Waals surface area (Å²) in [5.41, 5.74) is -1.53. The van der Waals surface area contributed by atoms with Gasteiger partial charge in [0.15, 0.2) is 22.3 Å². The maximum atomic E-state index is 11.9. The highest BCUT2D eigenvalue weighted by Crippen LogP contribution is 2.05. The van der Waals surface area contributed by atoms with Crippen molar-refractivity contribution >= 4 is 34.3 Å². The van der Waals surface area contributed by atoms with Gasteiger partial charge in [0.2, 0.25) is 0 Å². The van der Waals surface area contributed by atoms with Crippen LogP contribution in [-0.2, 0) is 50.9 Å². The van der Waals surface area contributed by atoms with Gasteiger partial charge in [0.25, 0.3) is 11.1 Å². The molecule has 2 N–H and O–H groups in total. The third-order valence-electron chi connectivity index (χ3n) is 5.05. The number of fused-ring (bicyclic) bond motifs is 2. The van der Waals surface area contributed by atoms with E-state index in [0.29, 0.717) is 0 Å². The molecule has 0 bridgehead atoms. The molecule has 0 unspecified atom stereocenters. The molecule has 0 saturated carbocycles. The SMILES string of the molecule is Cn1c(=O)c2c(ncn2CC(=O)O)n(C)c1=O.Cn1c(=O)c2c(ncn2CC(=O)O)n(C)c1=O. The van der Waals surface area contributed by atoms with Crippen molar-refractivity contribution in [1.29, 1.82) is 0 Å². The first kappa shape index (κ1) is 23.9. The van der Waals surface area contributed by atoms with Crippen LogP contribution in [0.4, 0.5) is 0 Å². The number of aromatic nitrogens is 8. The highest BCUT2D eigenvalue weighted by Gasteiger charge is 2.16. The minimum atomic E-state index is -1.08. The van der Waals surface area contributed by atoms with E-state index in [9.17, 15) is 28.8 Å². The van der Waals surface area contributed by atoms with Crippen molar-refractivity contribution in [2.45, 2.75) is 13.1 Å². The van der Waals surface area contributed by atoms with E-state index in [1.807, 2.05) is 0 Å². The molecule has 16 nitrogen and oxygen atoms in total. The minimum Gasteiger partial charge on any atom is -0.480 e. The van der Waals surface area contributed by atoms with Crippen molar-refractivity contribution in [3.05, 3.63) is 54.3 Å². The van der Waals surface area contributed by atoms with Crippen LogP contribution in [-0.4, -0.2) is 59.5 Å². The fraction of sp³-hybridized carbons (Fsp3) is 0.333. The average molecular weight is 476 g/mol. The first-order chi connectivity index (χ1) is 15.9. The van der Waals surface area contributed by atoms with Crippen molar-refractivity contribution in [3.63, 3.8) is 0 Å². The molecule has 0 saturated heterocycles.